The Hall–Kier alpha value is -0.900. The van der Waals surface area contributed by atoms with Crippen molar-refractivity contribution in [1.29, 1.82) is 0 Å². The third kappa shape index (κ3) is 3.65. The third-order valence-electron chi connectivity index (χ3n) is 5.11. The largest absolute Gasteiger partial charge is 0.316 e. The lowest BCUT2D eigenvalue weighted by molar-refractivity contribution is 0.0111. The van der Waals surface area contributed by atoms with Gasteiger partial charge in [0.25, 0.3) is 0 Å². The standard InChI is InChI=1S/C18H29N3/c1-15-12-20-10-4-3-5-18(20)14-21(15)13-17-8-6-16(7-9-17)11-19-2/h6-9,15,18-19H,3-5,10-14H2,1-2H3. The zero-order valence-electron chi connectivity index (χ0n) is 13.5. The van der Waals surface area contributed by atoms with Gasteiger partial charge in [-0.2, -0.15) is 0 Å². The van der Waals surface area contributed by atoms with Gasteiger partial charge in [-0.25, -0.2) is 0 Å². The molecule has 2 atom stereocenters. The lowest BCUT2D eigenvalue weighted by Gasteiger charge is -2.47. The first-order valence-corrected chi connectivity index (χ1v) is 8.47. The molecule has 3 nitrogen and oxygen atoms in total. The van der Waals surface area contributed by atoms with Crippen LogP contribution in [-0.2, 0) is 13.1 Å². The Morgan fingerprint density at radius 3 is 2.62 bits per heavy atom. The van der Waals surface area contributed by atoms with Gasteiger partial charge in [0, 0.05) is 38.3 Å². The maximum Gasteiger partial charge on any atom is 0.0237 e. The summed E-state index contributed by atoms with van der Waals surface area (Å²) in [5, 5.41) is 3.21. The van der Waals surface area contributed by atoms with E-state index in [1.807, 2.05) is 7.05 Å². The zero-order chi connectivity index (χ0) is 14.7. The van der Waals surface area contributed by atoms with E-state index >= 15 is 0 Å². The van der Waals surface area contributed by atoms with E-state index < -0.39 is 0 Å². The predicted octanol–water partition coefficient (Wildman–Crippen LogP) is 2.46. The fourth-order valence-corrected chi connectivity index (χ4v) is 3.83. The number of hydrogen-bond acceptors (Lipinski definition) is 3. The van der Waals surface area contributed by atoms with Gasteiger partial charge >= 0.3 is 0 Å². The highest BCUT2D eigenvalue weighted by atomic mass is 15.3. The van der Waals surface area contributed by atoms with E-state index in [-0.39, 0.29) is 0 Å². The second-order valence-electron chi connectivity index (χ2n) is 6.77. The molecule has 21 heavy (non-hydrogen) atoms. The molecule has 3 heteroatoms. The molecule has 1 aromatic rings. The number of piperidine rings is 1. The Morgan fingerprint density at radius 1 is 1.10 bits per heavy atom. The lowest BCUT2D eigenvalue weighted by atomic mass is 9.96. The Balaban J connectivity index is 1.61. The molecule has 2 fully saturated rings. The summed E-state index contributed by atoms with van der Waals surface area (Å²) in [7, 11) is 2.00. The molecule has 116 valence electrons. The van der Waals surface area contributed by atoms with Crippen LogP contribution in [0.15, 0.2) is 24.3 Å². The van der Waals surface area contributed by atoms with E-state index in [2.05, 4.69) is 46.3 Å². The van der Waals surface area contributed by atoms with Gasteiger partial charge in [0.15, 0.2) is 0 Å². The van der Waals surface area contributed by atoms with Crippen molar-refractivity contribution < 1.29 is 0 Å². The first kappa shape index (κ1) is 15.0. The molecule has 2 unspecified atom stereocenters. The summed E-state index contributed by atoms with van der Waals surface area (Å²) in [6.45, 7) is 8.27. The van der Waals surface area contributed by atoms with Gasteiger partial charge in [-0.1, -0.05) is 30.7 Å². The normalized spacial score (nSPS) is 27.5. The van der Waals surface area contributed by atoms with E-state index in [4.69, 9.17) is 0 Å². The molecule has 0 aromatic heterocycles. The number of fused-ring (bicyclic) bond motifs is 1. The molecule has 1 N–H and O–H groups in total. The van der Waals surface area contributed by atoms with Crippen molar-refractivity contribution in [3.05, 3.63) is 35.4 Å². The summed E-state index contributed by atoms with van der Waals surface area (Å²) in [4.78, 5) is 5.40. The second kappa shape index (κ2) is 6.91. The van der Waals surface area contributed by atoms with Crippen LogP contribution in [0.2, 0.25) is 0 Å². The minimum atomic E-state index is 0.677. The van der Waals surface area contributed by atoms with Gasteiger partial charge in [0.1, 0.15) is 0 Å². The van der Waals surface area contributed by atoms with Crippen LogP contribution >= 0.6 is 0 Å². The first-order valence-electron chi connectivity index (χ1n) is 8.47. The quantitative estimate of drug-likeness (QED) is 0.918. The molecule has 0 aliphatic carbocycles. The van der Waals surface area contributed by atoms with Gasteiger partial charge in [0.05, 0.1) is 0 Å². The molecule has 0 radical (unpaired) electrons. The first-order chi connectivity index (χ1) is 10.3. The third-order valence-corrected chi connectivity index (χ3v) is 5.11. The van der Waals surface area contributed by atoms with Crippen LogP contribution in [0, 0.1) is 0 Å². The molecule has 0 bridgehead atoms. The SMILES string of the molecule is CNCc1ccc(CN2CC3CCCCN3CC2C)cc1. The van der Waals surface area contributed by atoms with E-state index in [0.29, 0.717) is 6.04 Å². The molecule has 2 saturated heterocycles. The number of hydrogen-bond donors (Lipinski definition) is 1. The lowest BCUT2D eigenvalue weighted by Crippen LogP contribution is -2.58. The van der Waals surface area contributed by atoms with Crippen LogP contribution in [0.1, 0.15) is 37.3 Å². The van der Waals surface area contributed by atoms with Gasteiger partial charge in [0.2, 0.25) is 0 Å². The van der Waals surface area contributed by atoms with Gasteiger partial charge in [-0.3, -0.25) is 9.80 Å². The Labute approximate surface area is 129 Å². The molecule has 2 aliphatic heterocycles. The van der Waals surface area contributed by atoms with Crippen LogP contribution in [0.5, 0.6) is 0 Å². The predicted molar refractivity (Wildman–Crippen MR) is 88.3 cm³/mol. The fourth-order valence-electron chi connectivity index (χ4n) is 3.83. The van der Waals surface area contributed by atoms with Crippen LogP contribution < -0.4 is 5.32 Å². The smallest absolute Gasteiger partial charge is 0.0237 e. The van der Waals surface area contributed by atoms with Crippen molar-refractivity contribution in [1.82, 2.24) is 15.1 Å². The van der Waals surface area contributed by atoms with Crippen molar-refractivity contribution in [2.24, 2.45) is 0 Å². The zero-order valence-corrected chi connectivity index (χ0v) is 13.5. The van der Waals surface area contributed by atoms with Crippen molar-refractivity contribution in [3.63, 3.8) is 0 Å². The maximum absolute atomic E-state index is 3.21. The summed E-state index contributed by atoms with van der Waals surface area (Å²) >= 11 is 0. The number of nitrogens with zero attached hydrogens (tertiary/aromatic N) is 2. The average molecular weight is 287 g/mol. The van der Waals surface area contributed by atoms with E-state index in [9.17, 15) is 0 Å². The minimum Gasteiger partial charge on any atom is -0.316 e. The van der Waals surface area contributed by atoms with Gasteiger partial charge in [-0.15, -0.1) is 0 Å². The molecule has 3 rings (SSSR count). The van der Waals surface area contributed by atoms with Crippen molar-refractivity contribution >= 4 is 0 Å². The molecule has 0 amide bonds. The number of nitrogens with one attached hydrogen (secondary N) is 1. The van der Waals surface area contributed by atoms with Crippen LogP contribution in [-0.4, -0.2) is 48.6 Å². The molecular weight excluding hydrogens is 258 g/mol. The Bertz CT molecular complexity index is 442. The molecule has 0 spiro atoms. The molecule has 2 heterocycles. The van der Waals surface area contributed by atoms with E-state index in [1.165, 1.54) is 50.0 Å². The number of piperazine rings is 1. The number of rotatable bonds is 4. The summed E-state index contributed by atoms with van der Waals surface area (Å²) in [5.41, 5.74) is 2.82. The van der Waals surface area contributed by atoms with Crippen LogP contribution in [0.4, 0.5) is 0 Å². The van der Waals surface area contributed by atoms with Crippen molar-refractivity contribution in [3.8, 4) is 0 Å². The topological polar surface area (TPSA) is 18.5 Å². The summed E-state index contributed by atoms with van der Waals surface area (Å²) < 4.78 is 0. The second-order valence-corrected chi connectivity index (χ2v) is 6.77. The molecule has 1 aromatic carbocycles. The fraction of sp³-hybridized carbons (Fsp3) is 0.667. The van der Waals surface area contributed by atoms with Gasteiger partial charge in [-0.05, 0) is 44.5 Å². The maximum atomic E-state index is 3.21. The molecule has 2 aliphatic rings. The summed E-state index contributed by atoms with van der Waals surface area (Å²) in [6.07, 6.45) is 4.21. The highest BCUT2D eigenvalue weighted by Crippen LogP contribution is 2.25. The monoisotopic (exact) mass is 287 g/mol. The van der Waals surface area contributed by atoms with E-state index in [0.717, 1.165) is 19.1 Å². The molecular formula is C18H29N3. The average Bonchev–Trinajstić information content (AvgIpc) is 2.50. The van der Waals surface area contributed by atoms with Crippen molar-refractivity contribution in [2.75, 3.05) is 26.7 Å². The molecule has 0 saturated carbocycles. The van der Waals surface area contributed by atoms with E-state index in [1.54, 1.807) is 0 Å². The minimum absolute atomic E-state index is 0.677. The highest BCUT2D eigenvalue weighted by molar-refractivity contribution is 5.22. The van der Waals surface area contributed by atoms with Crippen molar-refractivity contribution in [2.45, 2.75) is 51.4 Å². The van der Waals surface area contributed by atoms with Crippen LogP contribution in [0.25, 0.3) is 0 Å². The van der Waals surface area contributed by atoms with Gasteiger partial charge < -0.3 is 5.32 Å². The Morgan fingerprint density at radius 2 is 1.86 bits per heavy atom. The van der Waals surface area contributed by atoms with Crippen LogP contribution in [0.3, 0.4) is 0 Å². The summed E-state index contributed by atoms with van der Waals surface area (Å²) in [5.74, 6) is 0. The number of benzene rings is 1. The summed E-state index contributed by atoms with van der Waals surface area (Å²) in [6, 6.07) is 10.6. The Kier molecular flexibility index (Phi) is 4.94. The highest BCUT2D eigenvalue weighted by Gasteiger charge is 2.32.